The van der Waals surface area contributed by atoms with Gasteiger partial charge in [0.2, 0.25) is 0 Å². The van der Waals surface area contributed by atoms with Crippen LogP contribution in [-0.2, 0) is 6.42 Å². The molecule has 3 nitrogen and oxygen atoms in total. The summed E-state index contributed by atoms with van der Waals surface area (Å²) in [6.45, 7) is 0. The summed E-state index contributed by atoms with van der Waals surface area (Å²) in [6, 6.07) is 11.7. The van der Waals surface area contributed by atoms with Crippen LogP contribution in [0.15, 0.2) is 48.8 Å². The summed E-state index contributed by atoms with van der Waals surface area (Å²) in [6.07, 6.45) is 4.59. The van der Waals surface area contributed by atoms with Crippen molar-refractivity contribution in [1.29, 1.82) is 0 Å². The van der Waals surface area contributed by atoms with E-state index in [4.69, 9.17) is 16.3 Å². The predicted octanol–water partition coefficient (Wildman–Crippen LogP) is 3.59. The Hall–Kier alpha value is -2.00. The van der Waals surface area contributed by atoms with E-state index in [1.54, 1.807) is 7.11 Å². The van der Waals surface area contributed by atoms with Gasteiger partial charge in [-0.1, -0.05) is 29.8 Å². The van der Waals surface area contributed by atoms with Crippen molar-refractivity contribution in [3.05, 3.63) is 65.1 Å². The molecule has 0 aliphatic rings. The normalized spacial score (nSPS) is 10.8. The van der Waals surface area contributed by atoms with Crippen molar-refractivity contribution in [1.82, 2.24) is 9.38 Å². The Morgan fingerprint density at radius 1 is 1.16 bits per heavy atom. The molecular formula is C15H13ClN2O. The second-order valence-electron chi connectivity index (χ2n) is 4.33. The number of para-hydroxylation sites is 1. The highest BCUT2D eigenvalue weighted by Gasteiger charge is 2.07. The number of hydrogen-bond acceptors (Lipinski definition) is 2. The molecule has 0 amide bonds. The van der Waals surface area contributed by atoms with E-state index in [0.29, 0.717) is 5.02 Å². The molecule has 3 rings (SSSR count). The lowest BCUT2D eigenvalue weighted by molar-refractivity contribution is 0.410. The van der Waals surface area contributed by atoms with Gasteiger partial charge in [-0.05, 0) is 18.2 Å². The zero-order chi connectivity index (χ0) is 13.2. The Morgan fingerprint density at radius 3 is 2.84 bits per heavy atom. The zero-order valence-corrected chi connectivity index (χ0v) is 11.3. The summed E-state index contributed by atoms with van der Waals surface area (Å²) in [5, 5.41) is 0.703. The van der Waals surface area contributed by atoms with E-state index in [1.165, 1.54) is 0 Å². The molecule has 1 aromatic carbocycles. The third-order valence-corrected chi connectivity index (χ3v) is 3.25. The van der Waals surface area contributed by atoms with Gasteiger partial charge in [0, 0.05) is 24.4 Å². The van der Waals surface area contributed by atoms with Crippen LogP contribution < -0.4 is 4.74 Å². The maximum atomic E-state index is 5.97. The molecule has 0 N–H and O–H groups in total. The van der Waals surface area contributed by atoms with Crippen molar-refractivity contribution in [3.63, 3.8) is 0 Å². The number of aromatic nitrogens is 2. The van der Waals surface area contributed by atoms with Crippen LogP contribution in [0.1, 0.15) is 11.3 Å². The van der Waals surface area contributed by atoms with Gasteiger partial charge in [0.25, 0.3) is 0 Å². The van der Waals surface area contributed by atoms with Crippen molar-refractivity contribution in [3.8, 4) is 5.75 Å². The van der Waals surface area contributed by atoms with Crippen LogP contribution in [0.5, 0.6) is 5.75 Å². The number of methoxy groups -OCH3 is 1. The molecular weight excluding hydrogens is 260 g/mol. The van der Waals surface area contributed by atoms with Crippen LogP contribution in [0.2, 0.25) is 5.02 Å². The largest absolute Gasteiger partial charge is 0.496 e. The maximum Gasteiger partial charge on any atom is 0.137 e. The topological polar surface area (TPSA) is 26.5 Å². The molecule has 0 aliphatic carbocycles. The Balaban J connectivity index is 1.96. The SMILES string of the molecule is COc1ccccc1Cc1cn2cc(Cl)ccc2n1. The van der Waals surface area contributed by atoms with Crippen molar-refractivity contribution in [2.45, 2.75) is 6.42 Å². The lowest BCUT2D eigenvalue weighted by Crippen LogP contribution is -1.93. The quantitative estimate of drug-likeness (QED) is 0.728. The Bertz CT molecular complexity index is 721. The molecule has 2 heterocycles. The lowest BCUT2D eigenvalue weighted by Gasteiger charge is -2.05. The number of pyridine rings is 1. The van der Waals surface area contributed by atoms with E-state index in [2.05, 4.69) is 11.1 Å². The number of ether oxygens (including phenoxy) is 1. The lowest BCUT2D eigenvalue weighted by atomic mass is 10.1. The highest BCUT2D eigenvalue weighted by Crippen LogP contribution is 2.21. The van der Waals surface area contributed by atoms with Crippen LogP contribution in [0.4, 0.5) is 0 Å². The molecule has 0 bridgehead atoms. The molecule has 3 aromatic rings. The Labute approximate surface area is 116 Å². The number of fused-ring (bicyclic) bond motifs is 1. The van der Waals surface area contributed by atoms with Gasteiger partial charge in [0.05, 0.1) is 17.8 Å². The van der Waals surface area contributed by atoms with Gasteiger partial charge in [0.1, 0.15) is 11.4 Å². The first-order valence-electron chi connectivity index (χ1n) is 6.01. The molecule has 0 saturated heterocycles. The molecule has 0 aliphatic heterocycles. The van der Waals surface area contributed by atoms with Crippen LogP contribution >= 0.6 is 11.6 Å². The fraction of sp³-hybridized carbons (Fsp3) is 0.133. The van der Waals surface area contributed by atoms with Crippen LogP contribution in [-0.4, -0.2) is 16.5 Å². The average Bonchev–Trinajstić information content (AvgIpc) is 2.80. The molecule has 0 spiro atoms. The molecule has 4 heteroatoms. The highest BCUT2D eigenvalue weighted by atomic mass is 35.5. The monoisotopic (exact) mass is 272 g/mol. The van der Waals surface area contributed by atoms with E-state index >= 15 is 0 Å². The van der Waals surface area contributed by atoms with Gasteiger partial charge < -0.3 is 9.14 Å². The van der Waals surface area contributed by atoms with E-state index in [1.807, 2.05) is 47.1 Å². The number of imidazole rings is 1. The summed E-state index contributed by atoms with van der Waals surface area (Å²) >= 11 is 5.97. The van der Waals surface area contributed by atoms with Gasteiger partial charge in [-0.25, -0.2) is 4.98 Å². The maximum absolute atomic E-state index is 5.97. The molecule has 0 unspecified atom stereocenters. The Kier molecular flexibility index (Phi) is 3.13. The molecule has 0 radical (unpaired) electrons. The van der Waals surface area contributed by atoms with E-state index in [-0.39, 0.29) is 0 Å². The van der Waals surface area contributed by atoms with Crippen LogP contribution in [0.25, 0.3) is 5.65 Å². The average molecular weight is 273 g/mol. The first kappa shape index (κ1) is 12.1. The minimum Gasteiger partial charge on any atom is -0.496 e. The number of hydrogen-bond donors (Lipinski definition) is 0. The fourth-order valence-corrected chi connectivity index (χ4v) is 2.31. The van der Waals surface area contributed by atoms with Gasteiger partial charge in [0.15, 0.2) is 0 Å². The third kappa shape index (κ3) is 2.42. The number of rotatable bonds is 3. The zero-order valence-electron chi connectivity index (χ0n) is 10.5. The van der Waals surface area contributed by atoms with E-state index < -0.39 is 0 Å². The van der Waals surface area contributed by atoms with Crippen molar-refractivity contribution in [2.75, 3.05) is 7.11 Å². The molecule has 0 fully saturated rings. The standard InChI is InChI=1S/C15H13ClN2O/c1-19-14-5-3-2-4-11(14)8-13-10-18-9-12(16)6-7-15(18)17-13/h2-7,9-10H,8H2,1H3. The third-order valence-electron chi connectivity index (χ3n) is 3.03. The Morgan fingerprint density at radius 2 is 2.00 bits per heavy atom. The van der Waals surface area contributed by atoms with Crippen molar-refractivity contribution >= 4 is 17.2 Å². The molecule has 0 atom stereocenters. The summed E-state index contributed by atoms with van der Waals surface area (Å²) in [5.74, 6) is 0.887. The summed E-state index contributed by atoms with van der Waals surface area (Å²) in [7, 11) is 1.68. The number of halogens is 1. The van der Waals surface area contributed by atoms with Crippen LogP contribution in [0, 0.1) is 0 Å². The summed E-state index contributed by atoms with van der Waals surface area (Å²) in [4.78, 5) is 4.57. The molecule has 2 aromatic heterocycles. The number of nitrogens with zero attached hydrogens (tertiary/aromatic N) is 2. The second kappa shape index (κ2) is 4.94. The minimum atomic E-state index is 0.703. The molecule has 96 valence electrons. The van der Waals surface area contributed by atoms with E-state index in [9.17, 15) is 0 Å². The van der Waals surface area contributed by atoms with E-state index in [0.717, 1.165) is 29.1 Å². The van der Waals surface area contributed by atoms with Gasteiger partial charge in [-0.2, -0.15) is 0 Å². The first-order chi connectivity index (χ1) is 9.26. The summed E-state index contributed by atoms with van der Waals surface area (Å²) in [5.41, 5.74) is 3.01. The fourth-order valence-electron chi connectivity index (χ4n) is 2.15. The van der Waals surface area contributed by atoms with Crippen molar-refractivity contribution < 1.29 is 4.74 Å². The second-order valence-corrected chi connectivity index (χ2v) is 4.77. The van der Waals surface area contributed by atoms with Crippen LogP contribution in [0.3, 0.4) is 0 Å². The summed E-state index contributed by atoms with van der Waals surface area (Å²) < 4.78 is 7.29. The van der Waals surface area contributed by atoms with Gasteiger partial charge >= 0.3 is 0 Å². The van der Waals surface area contributed by atoms with Crippen molar-refractivity contribution in [2.24, 2.45) is 0 Å². The molecule has 19 heavy (non-hydrogen) atoms. The highest BCUT2D eigenvalue weighted by molar-refractivity contribution is 6.30. The predicted molar refractivity (Wildman–Crippen MR) is 76.0 cm³/mol. The molecule has 0 saturated carbocycles. The van der Waals surface area contributed by atoms with Gasteiger partial charge in [-0.3, -0.25) is 0 Å². The minimum absolute atomic E-state index is 0.703. The first-order valence-corrected chi connectivity index (χ1v) is 6.39. The number of benzene rings is 1. The smallest absolute Gasteiger partial charge is 0.137 e. The van der Waals surface area contributed by atoms with Gasteiger partial charge in [-0.15, -0.1) is 0 Å².